The van der Waals surface area contributed by atoms with E-state index < -0.39 is 24.1 Å². The van der Waals surface area contributed by atoms with Gasteiger partial charge in [0.2, 0.25) is 11.8 Å². The number of imidazole rings is 2. The minimum atomic E-state index is -2.27. The van der Waals surface area contributed by atoms with Crippen LogP contribution < -0.4 is 0 Å². The number of pyridine rings is 2. The molecule has 0 spiro atoms. The summed E-state index contributed by atoms with van der Waals surface area (Å²) in [6.45, 7) is 8.21. The monoisotopic (exact) mass is 870 g/mol. The molecule has 2 amide bonds. The van der Waals surface area contributed by atoms with Gasteiger partial charge in [0.15, 0.2) is 12.2 Å². The van der Waals surface area contributed by atoms with Crippen molar-refractivity contribution in [2.45, 2.75) is 52.7 Å². The molecule has 6 aromatic rings. The van der Waals surface area contributed by atoms with Gasteiger partial charge in [0.05, 0.1) is 35.6 Å². The number of aromatic nitrogens is 4. The van der Waals surface area contributed by atoms with Gasteiger partial charge in [0.25, 0.3) is 0 Å². The van der Waals surface area contributed by atoms with Gasteiger partial charge in [-0.05, 0) is 51.0 Å². The number of aliphatic carboxylic acids is 2. The molecule has 57 heavy (non-hydrogen) atoms. The largest absolute Gasteiger partial charge is 0.479 e. The van der Waals surface area contributed by atoms with Crippen molar-refractivity contribution < 1.29 is 60.0 Å². The van der Waals surface area contributed by atoms with Gasteiger partial charge in [0, 0.05) is 72.1 Å². The van der Waals surface area contributed by atoms with E-state index in [1.54, 1.807) is 38.0 Å². The summed E-state index contributed by atoms with van der Waals surface area (Å²) in [5.41, 5.74) is 12.2. The Labute approximate surface area is 344 Å². The average Bonchev–Trinajstić information content (AvgIpc) is 3.69. The molecule has 0 aliphatic rings. The molecular weight excluding hydrogens is 823 g/mol. The quantitative estimate of drug-likeness (QED) is 0.152. The van der Waals surface area contributed by atoms with Crippen LogP contribution in [0.3, 0.4) is 0 Å². The minimum absolute atomic E-state index is 0. The number of benzene rings is 2. The molecule has 6 rings (SSSR count). The Balaban J connectivity index is 0.000000245. The number of carboxylic acids is 2. The van der Waals surface area contributed by atoms with E-state index in [1.807, 2.05) is 59.3 Å². The Morgan fingerprint density at radius 3 is 1.12 bits per heavy atom. The van der Waals surface area contributed by atoms with Crippen LogP contribution >= 0.6 is 0 Å². The number of fused-ring (bicyclic) bond motifs is 2. The van der Waals surface area contributed by atoms with E-state index in [0.717, 1.165) is 56.3 Å². The number of aliphatic hydroxyl groups excluding tert-OH is 2. The van der Waals surface area contributed by atoms with E-state index in [4.69, 9.17) is 30.4 Å². The maximum absolute atomic E-state index is 12.3. The number of likely N-dealkylation sites (N-methyl/N-ethyl adjacent to an activating group) is 2. The van der Waals surface area contributed by atoms with Gasteiger partial charge in [-0.15, -0.1) is 0 Å². The van der Waals surface area contributed by atoms with Crippen LogP contribution in [0, 0.1) is 27.7 Å². The van der Waals surface area contributed by atoms with Crippen LogP contribution in [0.25, 0.3) is 33.8 Å². The molecule has 304 valence electrons. The van der Waals surface area contributed by atoms with Crippen molar-refractivity contribution >= 4 is 35.0 Å². The Kier molecular flexibility index (Phi) is 16.0. The van der Waals surface area contributed by atoms with Crippen LogP contribution in [-0.4, -0.2) is 113 Å². The molecule has 4 heterocycles. The Hall–Kier alpha value is -5.72. The average molecular weight is 871 g/mol. The van der Waals surface area contributed by atoms with E-state index in [9.17, 15) is 19.2 Å². The fraction of sp³-hybridized carbons (Fsp3) is 0.286. The molecule has 0 aliphatic carbocycles. The third-order valence-corrected chi connectivity index (χ3v) is 8.82. The molecule has 2 atom stereocenters. The standard InChI is InChI=1S/2C19H21N3O.C4H6O6.Pd/c2*1-13-5-8-15(9-6-13)19-16(11-18(23)21(3)4)22-12-14(2)7-10-17(22)20-19;5-1(3(7)8)2(6)4(9)10;/h2*5-10,12H,11H2,1-4H3;1-2,5-6H,(H,7,8)(H,9,10);/t;;1-,2-;/m..1./s1. The van der Waals surface area contributed by atoms with Crippen molar-refractivity contribution in [2.75, 3.05) is 28.2 Å². The van der Waals surface area contributed by atoms with Crippen LogP contribution in [0.15, 0.2) is 85.2 Å². The van der Waals surface area contributed by atoms with Gasteiger partial charge in [-0.1, -0.05) is 71.8 Å². The molecule has 4 aromatic heterocycles. The molecule has 14 nitrogen and oxygen atoms in total. The van der Waals surface area contributed by atoms with Gasteiger partial charge in [0.1, 0.15) is 11.3 Å². The number of hydrogen-bond donors (Lipinski definition) is 4. The van der Waals surface area contributed by atoms with Crippen molar-refractivity contribution in [2.24, 2.45) is 0 Å². The zero-order valence-electron chi connectivity index (χ0n) is 33.1. The second-order valence-electron chi connectivity index (χ2n) is 13.9. The fourth-order valence-electron chi connectivity index (χ4n) is 5.49. The molecule has 0 bridgehead atoms. The van der Waals surface area contributed by atoms with Crippen LogP contribution in [0.5, 0.6) is 0 Å². The normalized spacial score (nSPS) is 11.6. The summed E-state index contributed by atoms with van der Waals surface area (Å²) in [5.74, 6) is -3.40. The first-order chi connectivity index (χ1) is 26.4. The van der Waals surface area contributed by atoms with Gasteiger partial charge in [-0.25, -0.2) is 19.6 Å². The van der Waals surface area contributed by atoms with Crippen molar-refractivity contribution in [3.05, 3.63) is 119 Å². The molecule has 0 saturated heterocycles. The number of nitrogens with zero attached hydrogens (tertiary/aromatic N) is 6. The molecule has 2 aromatic carbocycles. The van der Waals surface area contributed by atoms with Crippen LogP contribution in [0.4, 0.5) is 0 Å². The molecule has 0 saturated carbocycles. The number of hydrogen-bond acceptors (Lipinski definition) is 8. The number of aryl methyl sites for hydroxylation is 4. The Morgan fingerprint density at radius 1 is 0.544 bits per heavy atom. The zero-order chi connectivity index (χ0) is 41.4. The van der Waals surface area contributed by atoms with Crippen LogP contribution in [-0.2, 0) is 52.4 Å². The predicted octanol–water partition coefficient (Wildman–Crippen LogP) is 4.37. The predicted molar refractivity (Wildman–Crippen MR) is 212 cm³/mol. The fourth-order valence-corrected chi connectivity index (χ4v) is 5.49. The van der Waals surface area contributed by atoms with E-state index in [1.165, 1.54) is 11.1 Å². The van der Waals surface area contributed by atoms with Crippen molar-refractivity contribution in [3.63, 3.8) is 0 Å². The summed E-state index contributed by atoms with van der Waals surface area (Å²) in [6.07, 6.45) is 0.216. The van der Waals surface area contributed by atoms with Crippen molar-refractivity contribution in [1.29, 1.82) is 0 Å². The van der Waals surface area contributed by atoms with Crippen molar-refractivity contribution in [1.82, 2.24) is 28.6 Å². The molecule has 0 radical (unpaired) electrons. The summed E-state index contributed by atoms with van der Waals surface area (Å²) in [7, 11) is 7.12. The summed E-state index contributed by atoms with van der Waals surface area (Å²) in [4.78, 5) is 56.8. The summed E-state index contributed by atoms with van der Waals surface area (Å²) < 4.78 is 4.07. The summed E-state index contributed by atoms with van der Waals surface area (Å²) in [5, 5.41) is 32.5. The third kappa shape index (κ3) is 11.7. The first-order valence-electron chi connectivity index (χ1n) is 17.7. The number of carbonyl (C=O) groups is 4. The molecule has 4 N–H and O–H groups in total. The SMILES string of the molecule is Cc1ccc(-c2nc3ccc(C)cn3c2CC(=O)N(C)C)cc1.Cc1ccc(-c2nc3ccc(C)cn3c2CC(=O)N(C)C)cc1.O=C(O)[C@H](O)[C@@H](O)C(=O)O.[Pd]. The topological polar surface area (TPSA) is 190 Å². The van der Waals surface area contributed by atoms with Gasteiger partial charge in [-0.3, -0.25) is 9.59 Å². The maximum Gasteiger partial charge on any atom is 0.335 e. The van der Waals surface area contributed by atoms with E-state index >= 15 is 0 Å². The van der Waals surface area contributed by atoms with E-state index in [-0.39, 0.29) is 32.2 Å². The second kappa shape index (κ2) is 19.9. The molecular formula is C42H48N6O8Pd. The summed E-state index contributed by atoms with van der Waals surface area (Å²) in [6, 6.07) is 24.6. The second-order valence-corrected chi connectivity index (χ2v) is 13.9. The van der Waals surface area contributed by atoms with Gasteiger partial charge >= 0.3 is 11.9 Å². The molecule has 0 fully saturated rings. The van der Waals surface area contributed by atoms with Crippen molar-refractivity contribution in [3.8, 4) is 22.5 Å². The summed E-state index contributed by atoms with van der Waals surface area (Å²) >= 11 is 0. The molecule has 15 heteroatoms. The molecule has 0 aliphatic heterocycles. The minimum Gasteiger partial charge on any atom is -0.479 e. The maximum atomic E-state index is 12.3. The van der Waals surface area contributed by atoms with Gasteiger partial charge < -0.3 is 39.0 Å². The number of rotatable bonds is 9. The molecule has 0 unspecified atom stereocenters. The first-order valence-corrected chi connectivity index (χ1v) is 17.7. The first kappa shape index (κ1) is 45.7. The Morgan fingerprint density at radius 2 is 0.842 bits per heavy atom. The number of amides is 2. The van der Waals surface area contributed by atoms with Crippen LogP contribution in [0.2, 0.25) is 0 Å². The van der Waals surface area contributed by atoms with E-state index in [0.29, 0.717) is 12.8 Å². The number of carboxylic acid groups (broad SMARTS) is 2. The Bertz CT molecular complexity index is 2190. The van der Waals surface area contributed by atoms with Crippen LogP contribution in [0.1, 0.15) is 33.6 Å². The smallest absolute Gasteiger partial charge is 0.335 e. The van der Waals surface area contributed by atoms with E-state index in [2.05, 4.69) is 62.4 Å². The number of carbonyl (C=O) groups excluding carboxylic acids is 2. The number of aliphatic hydroxyl groups is 2. The zero-order valence-corrected chi connectivity index (χ0v) is 34.6. The van der Waals surface area contributed by atoms with Gasteiger partial charge in [-0.2, -0.15) is 0 Å². The third-order valence-electron chi connectivity index (χ3n) is 8.82.